The maximum absolute atomic E-state index is 11.7. The van der Waals surface area contributed by atoms with Crippen molar-refractivity contribution in [2.45, 2.75) is 13.3 Å². The summed E-state index contributed by atoms with van der Waals surface area (Å²) in [5.74, 6) is 4.08. The predicted octanol–water partition coefficient (Wildman–Crippen LogP) is 0.786. The van der Waals surface area contributed by atoms with Gasteiger partial charge in [0.2, 0.25) is 0 Å². The number of H-pyrrole nitrogens is 1. The molecule has 2 aromatic rings. The third kappa shape index (κ3) is 2.95. The molecular formula is C14H11NO5. The molecule has 0 unspecified atom stereocenters. The molecule has 0 fully saturated rings. The minimum atomic E-state index is -0.820. The first-order valence-corrected chi connectivity index (χ1v) is 5.92. The van der Waals surface area contributed by atoms with Crippen molar-refractivity contribution in [1.29, 1.82) is 0 Å². The largest absolute Gasteiger partial charge is 0.465 e. The zero-order valence-corrected chi connectivity index (χ0v) is 10.7. The van der Waals surface area contributed by atoms with E-state index in [4.69, 9.17) is 4.74 Å². The number of aromatic amines is 1. The van der Waals surface area contributed by atoms with Crippen LogP contribution in [0.5, 0.6) is 0 Å². The molecule has 102 valence electrons. The Morgan fingerprint density at radius 2 is 2.20 bits per heavy atom. The van der Waals surface area contributed by atoms with E-state index in [1.165, 1.54) is 0 Å². The minimum Gasteiger partial charge on any atom is -0.465 e. The molecule has 1 heterocycles. The predicted molar refractivity (Wildman–Crippen MR) is 71.2 cm³/mol. The van der Waals surface area contributed by atoms with Crippen LogP contribution in [0.1, 0.15) is 18.9 Å². The van der Waals surface area contributed by atoms with Crippen molar-refractivity contribution in [3.05, 3.63) is 44.7 Å². The first-order chi connectivity index (χ1) is 9.61. The first-order valence-electron chi connectivity index (χ1n) is 5.92. The molecule has 0 spiro atoms. The lowest BCUT2D eigenvalue weighted by Gasteiger charge is -1.98. The van der Waals surface area contributed by atoms with Gasteiger partial charge in [-0.15, -0.1) is 0 Å². The topological polar surface area (TPSA) is 89.4 Å². The van der Waals surface area contributed by atoms with E-state index >= 15 is 0 Å². The number of nitrogens with one attached hydrogen (secondary N) is 1. The van der Waals surface area contributed by atoms with E-state index in [0.717, 1.165) is 0 Å². The molecule has 6 heteroatoms. The number of benzene rings is 1. The molecule has 1 aromatic carbocycles. The normalized spacial score (nSPS) is 9.85. The molecule has 0 atom stereocenters. The number of carbonyl (C=O) groups excluding carboxylic acids is 1. The molecule has 0 saturated carbocycles. The standard InChI is InChI=1S/C14H11NO5/c1-2-19-11(16)8-4-6-9-5-3-7-10-12(9)13(17)20-14(18)15-10/h3,5,7H,2,8H2,1H3,(H,15,18). The van der Waals surface area contributed by atoms with Gasteiger partial charge in [0.1, 0.15) is 6.42 Å². The second-order valence-electron chi connectivity index (χ2n) is 3.81. The summed E-state index contributed by atoms with van der Waals surface area (Å²) in [6.07, 6.45) is -0.0705. The molecule has 0 bridgehead atoms. The molecule has 6 nitrogen and oxygen atoms in total. The van der Waals surface area contributed by atoms with Gasteiger partial charge in [0, 0.05) is 5.56 Å². The highest BCUT2D eigenvalue weighted by atomic mass is 16.5. The highest BCUT2D eigenvalue weighted by molar-refractivity contribution is 5.83. The summed E-state index contributed by atoms with van der Waals surface area (Å²) in [4.78, 5) is 36.3. The molecule has 0 aliphatic rings. The number of esters is 1. The van der Waals surface area contributed by atoms with Crippen molar-refractivity contribution >= 4 is 16.9 Å². The molecule has 0 radical (unpaired) electrons. The van der Waals surface area contributed by atoms with Gasteiger partial charge in [0.25, 0.3) is 0 Å². The fraction of sp³-hybridized carbons (Fsp3) is 0.214. The van der Waals surface area contributed by atoms with Gasteiger partial charge in [-0.2, -0.15) is 0 Å². The molecule has 20 heavy (non-hydrogen) atoms. The molecule has 0 amide bonds. The van der Waals surface area contributed by atoms with E-state index in [2.05, 4.69) is 21.2 Å². The monoisotopic (exact) mass is 273 g/mol. The van der Waals surface area contributed by atoms with E-state index in [1.54, 1.807) is 25.1 Å². The number of carbonyl (C=O) groups is 1. The van der Waals surface area contributed by atoms with Crippen LogP contribution in [-0.2, 0) is 9.53 Å². The third-order valence-corrected chi connectivity index (χ3v) is 2.45. The Labute approximate surface area is 113 Å². The van der Waals surface area contributed by atoms with E-state index < -0.39 is 17.4 Å². The quantitative estimate of drug-likeness (QED) is 0.645. The van der Waals surface area contributed by atoms with Gasteiger partial charge in [0.15, 0.2) is 0 Å². The van der Waals surface area contributed by atoms with Gasteiger partial charge in [-0.3, -0.25) is 9.78 Å². The van der Waals surface area contributed by atoms with Gasteiger partial charge in [-0.05, 0) is 19.1 Å². The summed E-state index contributed by atoms with van der Waals surface area (Å²) in [6, 6.07) is 4.83. The number of aromatic nitrogens is 1. The first kappa shape index (κ1) is 13.6. The Hall–Kier alpha value is -2.81. The van der Waals surface area contributed by atoms with Gasteiger partial charge in [-0.1, -0.05) is 17.9 Å². The summed E-state index contributed by atoms with van der Waals surface area (Å²) in [5, 5.41) is 0.184. The van der Waals surface area contributed by atoms with Crippen LogP contribution in [0.3, 0.4) is 0 Å². The number of hydrogen-bond acceptors (Lipinski definition) is 5. The van der Waals surface area contributed by atoms with Crippen LogP contribution < -0.4 is 11.4 Å². The highest BCUT2D eigenvalue weighted by Gasteiger charge is 2.06. The smallest absolute Gasteiger partial charge is 0.419 e. The van der Waals surface area contributed by atoms with Gasteiger partial charge in [-0.25, -0.2) is 9.59 Å². The summed E-state index contributed by atoms with van der Waals surface area (Å²) in [6.45, 7) is 2.00. The number of ether oxygens (including phenoxy) is 1. The van der Waals surface area contributed by atoms with Gasteiger partial charge < -0.3 is 9.15 Å². The molecule has 0 aliphatic carbocycles. The molecule has 0 saturated heterocycles. The van der Waals surface area contributed by atoms with E-state index in [0.29, 0.717) is 17.7 Å². The van der Waals surface area contributed by atoms with Crippen LogP contribution >= 0.6 is 0 Å². The Bertz CT molecular complexity index is 819. The maximum Gasteiger partial charge on any atom is 0.419 e. The number of rotatable bonds is 2. The van der Waals surface area contributed by atoms with Crippen LogP contribution in [0, 0.1) is 11.8 Å². The van der Waals surface area contributed by atoms with Crippen molar-refractivity contribution in [3.8, 4) is 11.8 Å². The maximum atomic E-state index is 11.7. The van der Waals surface area contributed by atoms with E-state index in [1.807, 2.05) is 0 Å². The summed E-state index contributed by atoms with van der Waals surface area (Å²) < 4.78 is 9.21. The van der Waals surface area contributed by atoms with Crippen molar-refractivity contribution in [2.24, 2.45) is 0 Å². The fourth-order valence-corrected chi connectivity index (χ4v) is 1.67. The second kappa shape index (κ2) is 5.89. The van der Waals surface area contributed by atoms with E-state index in [-0.39, 0.29) is 11.8 Å². The number of fused-ring (bicyclic) bond motifs is 1. The zero-order chi connectivity index (χ0) is 14.5. The van der Waals surface area contributed by atoms with Crippen molar-refractivity contribution in [2.75, 3.05) is 6.61 Å². The fourth-order valence-electron chi connectivity index (χ4n) is 1.67. The lowest BCUT2D eigenvalue weighted by Crippen LogP contribution is -2.15. The van der Waals surface area contributed by atoms with Crippen LogP contribution in [-0.4, -0.2) is 17.6 Å². The van der Waals surface area contributed by atoms with Gasteiger partial charge >= 0.3 is 17.4 Å². The average Bonchev–Trinajstić information content (AvgIpc) is 2.38. The SMILES string of the molecule is CCOC(=O)CC#Cc1cccc2[nH]c(=O)oc(=O)c12. The molecular weight excluding hydrogens is 262 g/mol. The van der Waals surface area contributed by atoms with Crippen LogP contribution in [0.15, 0.2) is 32.2 Å². The summed E-state index contributed by atoms with van der Waals surface area (Å²) in [5.41, 5.74) is -0.0317. The number of hydrogen-bond donors (Lipinski definition) is 1. The lowest BCUT2D eigenvalue weighted by atomic mass is 10.1. The van der Waals surface area contributed by atoms with E-state index in [9.17, 15) is 14.4 Å². The molecule has 2 rings (SSSR count). The lowest BCUT2D eigenvalue weighted by molar-refractivity contribution is -0.141. The third-order valence-electron chi connectivity index (χ3n) is 2.45. The van der Waals surface area contributed by atoms with Gasteiger partial charge in [0.05, 0.1) is 17.5 Å². The molecule has 1 aromatic heterocycles. The van der Waals surface area contributed by atoms with Crippen LogP contribution in [0.4, 0.5) is 0 Å². The zero-order valence-electron chi connectivity index (χ0n) is 10.7. The van der Waals surface area contributed by atoms with Crippen LogP contribution in [0.25, 0.3) is 10.9 Å². The Kier molecular flexibility index (Phi) is 4.01. The average molecular weight is 273 g/mol. The van der Waals surface area contributed by atoms with Crippen molar-refractivity contribution in [3.63, 3.8) is 0 Å². The Morgan fingerprint density at radius 1 is 1.40 bits per heavy atom. The summed E-state index contributed by atoms with van der Waals surface area (Å²) in [7, 11) is 0. The van der Waals surface area contributed by atoms with Crippen LogP contribution in [0.2, 0.25) is 0 Å². The highest BCUT2D eigenvalue weighted by Crippen LogP contribution is 2.10. The summed E-state index contributed by atoms with van der Waals surface area (Å²) >= 11 is 0. The second-order valence-corrected chi connectivity index (χ2v) is 3.81. The Morgan fingerprint density at radius 3 is 2.95 bits per heavy atom. The minimum absolute atomic E-state index is 0.0705. The molecule has 0 aliphatic heterocycles. The van der Waals surface area contributed by atoms with Crippen molar-refractivity contribution in [1.82, 2.24) is 4.98 Å². The molecule has 1 N–H and O–H groups in total. The Balaban J connectivity index is 2.41. The van der Waals surface area contributed by atoms with Crippen molar-refractivity contribution < 1.29 is 13.9 Å².